The summed E-state index contributed by atoms with van der Waals surface area (Å²) in [6.07, 6.45) is 3.34. The number of carbonyl (C=O) groups excluding carboxylic acids is 1. The van der Waals surface area contributed by atoms with Crippen molar-refractivity contribution in [3.8, 4) is 0 Å². The number of hydrogen-bond acceptors (Lipinski definition) is 3. The van der Waals surface area contributed by atoms with Crippen molar-refractivity contribution in [3.05, 3.63) is 28.5 Å². The summed E-state index contributed by atoms with van der Waals surface area (Å²) in [6, 6.07) is 4.01. The number of aromatic nitrogens is 1. The maximum Gasteiger partial charge on any atom is 0.407 e. The van der Waals surface area contributed by atoms with Gasteiger partial charge in [0.25, 0.3) is 0 Å². The molecule has 0 fully saturated rings. The maximum atomic E-state index is 11.6. The molecule has 1 N–H and O–H groups in total. The van der Waals surface area contributed by atoms with Gasteiger partial charge in [0, 0.05) is 12.7 Å². The molecule has 0 spiro atoms. The summed E-state index contributed by atoms with van der Waals surface area (Å²) >= 11 is 3.37. The molecule has 0 aliphatic heterocycles. The first-order chi connectivity index (χ1) is 9.30. The predicted molar refractivity (Wildman–Crippen MR) is 83.7 cm³/mol. The monoisotopic (exact) mass is 342 g/mol. The van der Waals surface area contributed by atoms with Crippen LogP contribution in [0.15, 0.2) is 22.9 Å². The van der Waals surface area contributed by atoms with E-state index in [9.17, 15) is 4.79 Å². The van der Waals surface area contributed by atoms with E-state index in [4.69, 9.17) is 4.74 Å². The number of hydrogen-bond donors (Lipinski definition) is 1. The minimum atomic E-state index is -0.457. The molecule has 0 radical (unpaired) electrons. The van der Waals surface area contributed by atoms with Crippen molar-refractivity contribution in [1.82, 2.24) is 10.3 Å². The van der Waals surface area contributed by atoms with E-state index in [1.807, 2.05) is 32.9 Å². The first-order valence-electron chi connectivity index (χ1n) is 6.87. The quantitative estimate of drug-likeness (QED) is 0.824. The Bertz CT molecular complexity index is 444. The second-order valence-corrected chi connectivity index (χ2v) is 6.66. The van der Waals surface area contributed by atoms with Crippen molar-refractivity contribution in [1.29, 1.82) is 0 Å². The van der Waals surface area contributed by atoms with E-state index in [2.05, 4.69) is 33.2 Å². The number of ether oxygens (including phenoxy) is 1. The molecule has 0 aliphatic carbocycles. The van der Waals surface area contributed by atoms with Gasteiger partial charge in [0.2, 0.25) is 0 Å². The standard InChI is InChI=1S/C15H23BrN2O2/c1-5-11(8-12-6-7-17-13(16)9-12)10-18-14(19)20-15(2,3)4/h6-7,9,11H,5,8,10H2,1-4H3,(H,18,19). The van der Waals surface area contributed by atoms with Crippen LogP contribution < -0.4 is 5.32 Å². The summed E-state index contributed by atoms with van der Waals surface area (Å²) in [7, 11) is 0. The van der Waals surface area contributed by atoms with E-state index in [0.717, 1.165) is 17.4 Å². The molecule has 5 heteroatoms. The smallest absolute Gasteiger partial charge is 0.407 e. The minimum absolute atomic E-state index is 0.355. The van der Waals surface area contributed by atoms with Gasteiger partial charge in [-0.1, -0.05) is 13.3 Å². The third kappa shape index (κ3) is 6.89. The molecule has 1 amide bonds. The fourth-order valence-electron chi connectivity index (χ4n) is 1.81. The topological polar surface area (TPSA) is 51.2 Å². The van der Waals surface area contributed by atoms with Gasteiger partial charge in [-0.2, -0.15) is 0 Å². The summed E-state index contributed by atoms with van der Waals surface area (Å²) < 4.78 is 6.07. The van der Waals surface area contributed by atoms with Gasteiger partial charge in [0.1, 0.15) is 10.2 Å². The van der Waals surface area contributed by atoms with E-state index >= 15 is 0 Å². The van der Waals surface area contributed by atoms with E-state index in [1.165, 1.54) is 5.56 Å². The summed E-state index contributed by atoms with van der Waals surface area (Å²) in [5.74, 6) is 0.386. The predicted octanol–water partition coefficient (Wildman–Crippen LogP) is 3.94. The maximum absolute atomic E-state index is 11.6. The third-order valence-corrected chi connectivity index (χ3v) is 3.26. The van der Waals surface area contributed by atoms with Crippen molar-refractivity contribution >= 4 is 22.0 Å². The third-order valence-electron chi connectivity index (χ3n) is 2.83. The van der Waals surface area contributed by atoms with Gasteiger partial charge in [0.05, 0.1) is 0 Å². The second kappa shape index (κ2) is 7.62. The first kappa shape index (κ1) is 17.0. The fraction of sp³-hybridized carbons (Fsp3) is 0.600. The van der Waals surface area contributed by atoms with Crippen LogP contribution >= 0.6 is 15.9 Å². The summed E-state index contributed by atoms with van der Waals surface area (Å²) in [6.45, 7) is 8.32. The molecule has 1 aromatic heterocycles. The van der Waals surface area contributed by atoms with Gasteiger partial charge in [-0.15, -0.1) is 0 Å². The molecule has 0 saturated heterocycles. The van der Waals surface area contributed by atoms with Crippen LogP contribution in [0.1, 0.15) is 39.7 Å². The van der Waals surface area contributed by atoms with Gasteiger partial charge in [-0.25, -0.2) is 9.78 Å². The molecule has 0 aromatic carbocycles. The lowest BCUT2D eigenvalue weighted by molar-refractivity contribution is 0.0518. The van der Waals surface area contributed by atoms with Crippen molar-refractivity contribution in [2.75, 3.05) is 6.54 Å². The van der Waals surface area contributed by atoms with E-state index in [1.54, 1.807) is 6.20 Å². The fourth-order valence-corrected chi connectivity index (χ4v) is 2.22. The van der Waals surface area contributed by atoms with Crippen LogP contribution in [0.3, 0.4) is 0 Å². The highest BCUT2D eigenvalue weighted by atomic mass is 79.9. The van der Waals surface area contributed by atoms with Crippen LogP contribution in [0.2, 0.25) is 0 Å². The molecule has 1 aromatic rings. The number of pyridine rings is 1. The second-order valence-electron chi connectivity index (χ2n) is 5.85. The molecule has 0 aliphatic rings. The number of carbonyl (C=O) groups is 1. The Balaban J connectivity index is 2.46. The zero-order valence-electron chi connectivity index (χ0n) is 12.6. The highest BCUT2D eigenvalue weighted by Gasteiger charge is 2.17. The Morgan fingerprint density at radius 3 is 2.75 bits per heavy atom. The number of rotatable bonds is 5. The average molecular weight is 343 g/mol. The number of halogens is 1. The van der Waals surface area contributed by atoms with Crippen LogP contribution in [-0.2, 0) is 11.2 Å². The van der Waals surface area contributed by atoms with Gasteiger partial charge >= 0.3 is 6.09 Å². The van der Waals surface area contributed by atoms with Gasteiger partial charge in [-0.05, 0) is 66.7 Å². The minimum Gasteiger partial charge on any atom is -0.444 e. The molecule has 20 heavy (non-hydrogen) atoms. The van der Waals surface area contributed by atoms with E-state index in [0.29, 0.717) is 12.5 Å². The first-order valence-corrected chi connectivity index (χ1v) is 7.66. The molecule has 1 unspecified atom stereocenters. The molecule has 0 saturated carbocycles. The number of nitrogens with zero attached hydrogens (tertiary/aromatic N) is 1. The van der Waals surface area contributed by atoms with Crippen molar-refractivity contribution < 1.29 is 9.53 Å². The molecule has 112 valence electrons. The largest absolute Gasteiger partial charge is 0.444 e. The molecule has 1 atom stereocenters. The van der Waals surface area contributed by atoms with Crippen molar-refractivity contribution in [2.24, 2.45) is 5.92 Å². The SMILES string of the molecule is CCC(CNC(=O)OC(C)(C)C)Cc1ccnc(Br)c1. The summed E-state index contributed by atoms with van der Waals surface area (Å²) in [5, 5.41) is 2.84. The van der Waals surface area contributed by atoms with Crippen LogP contribution in [-0.4, -0.2) is 23.2 Å². The van der Waals surface area contributed by atoms with E-state index < -0.39 is 5.60 Å². The van der Waals surface area contributed by atoms with Gasteiger partial charge in [-0.3, -0.25) is 0 Å². The number of nitrogens with one attached hydrogen (secondary N) is 1. The Morgan fingerprint density at radius 1 is 1.50 bits per heavy atom. The van der Waals surface area contributed by atoms with Crippen molar-refractivity contribution in [3.63, 3.8) is 0 Å². The van der Waals surface area contributed by atoms with Gasteiger partial charge < -0.3 is 10.1 Å². The molecule has 0 bridgehead atoms. The highest BCUT2D eigenvalue weighted by Crippen LogP contribution is 2.15. The lowest BCUT2D eigenvalue weighted by Gasteiger charge is -2.21. The zero-order chi connectivity index (χ0) is 15.2. The lowest BCUT2D eigenvalue weighted by atomic mass is 9.97. The Morgan fingerprint density at radius 2 is 2.20 bits per heavy atom. The number of alkyl carbamates (subject to hydrolysis) is 1. The average Bonchev–Trinajstić information content (AvgIpc) is 2.32. The van der Waals surface area contributed by atoms with Crippen molar-refractivity contribution in [2.45, 2.75) is 46.1 Å². The van der Waals surface area contributed by atoms with Gasteiger partial charge in [0.15, 0.2) is 0 Å². The summed E-state index contributed by atoms with van der Waals surface area (Å²) in [4.78, 5) is 15.7. The van der Waals surface area contributed by atoms with Crippen LogP contribution in [0.25, 0.3) is 0 Å². The van der Waals surface area contributed by atoms with Crippen LogP contribution in [0.4, 0.5) is 4.79 Å². The lowest BCUT2D eigenvalue weighted by Crippen LogP contribution is -2.35. The Labute approximate surface area is 129 Å². The van der Waals surface area contributed by atoms with Crippen LogP contribution in [0.5, 0.6) is 0 Å². The number of amides is 1. The van der Waals surface area contributed by atoms with E-state index in [-0.39, 0.29) is 6.09 Å². The molecular formula is C15H23BrN2O2. The Hall–Kier alpha value is -1.10. The molecule has 4 nitrogen and oxygen atoms in total. The Kier molecular flexibility index (Phi) is 6.46. The zero-order valence-corrected chi connectivity index (χ0v) is 14.2. The molecular weight excluding hydrogens is 320 g/mol. The molecule has 1 heterocycles. The highest BCUT2D eigenvalue weighted by molar-refractivity contribution is 9.10. The molecule has 1 rings (SSSR count). The normalized spacial score (nSPS) is 12.8. The summed E-state index contributed by atoms with van der Waals surface area (Å²) in [5.41, 5.74) is 0.756. The van der Waals surface area contributed by atoms with Crippen LogP contribution in [0, 0.1) is 5.92 Å².